The van der Waals surface area contributed by atoms with Crippen molar-refractivity contribution in [2.45, 2.75) is 19.4 Å². The van der Waals surface area contributed by atoms with Crippen molar-refractivity contribution >= 4 is 0 Å². The Bertz CT molecular complexity index is 525. The van der Waals surface area contributed by atoms with Gasteiger partial charge in [0.05, 0.1) is 5.56 Å². The molecule has 6 heteroatoms. The van der Waals surface area contributed by atoms with Crippen LogP contribution in [0.1, 0.15) is 12.7 Å². The van der Waals surface area contributed by atoms with E-state index in [0.29, 0.717) is 12.2 Å². The Balaban J connectivity index is 2.30. The first kappa shape index (κ1) is 11.7. The van der Waals surface area contributed by atoms with Gasteiger partial charge in [0.1, 0.15) is 11.6 Å². The van der Waals surface area contributed by atoms with Crippen LogP contribution in [0.5, 0.6) is 0 Å². The molecule has 1 unspecified atom stereocenters. The van der Waals surface area contributed by atoms with E-state index in [4.69, 9.17) is 10.3 Å². The molecule has 0 spiro atoms. The van der Waals surface area contributed by atoms with Crippen LogP contribution in [0.25, 0.3) is 11.5 Å². The van der Waals surface area contributed by atoms with E-state index >= 15 is 0 Å². The first-order valence-electron chi connectivity index (χ1n) is 5.10. The Morgan fingerprint density at radius 2 is 2.18 bits per heavy atom. The molecule has 0 aliphatic carbocycles. The third-order valence-corrected chi connectivity index (χ3v) is 2.13. The molecular weight excluding hydrogens is 228 g/mol. The Kier molecular flexibility index (Phi) is 3.14. The normalized spacial score (nSPS) is 12.7. The monoisotopic (exact) mass is 239 g/mol. The van der Waals surface area contributed by atoms with Gasteiger partial charge in [0.15, 0.2) is 5.82 Å². The van der Waals surface area contributed by atoms with Crippen LogP contribution in [-0.4, -0.2) is 16.2 Å². The number of aromatic nitrogens is 2. The Hall–Kier alpha value is -1.82. The molecular formula is C11H11F2N3O. The summed E-state index contributed by atoms with van der Waals surface area (Å²) in [5.74, 6) is -0.959. The highest BCUT2D eigenvalue weighted by Gasteiger charge is 2.14. The summed E-state index contributed by atoms with van der Waals surface area (Å²) in [6.45, 7) is 1.80. The molecule has 0 fully saturated rings. The maximum Gasteiger partial charge on any atom is 0.260 e. The smallest absolute Gasteiger partial charge is 0.260 e. The maximum absolute atomic E-state index is 13.4. The summed E-state index contributed by atoms with van der Waals surface area (Å²) in [5, 5.41) is 3.67. The van der Waals surface area contributed by atoms with Gasteiger partial charge < -0.3 is 10.3 Å². The van der Waals surface area contributed by atoms with Gasteiger partial charge in [-0.3, -0.25) is 0 Å². The van der Waals surface area contributed by atoms with Crippen LogP contribution in [-0.2, 0) is 6.42 Å². The van der Waals surface area contributed by atoms with Crippen molar-refractivity contribution < 1.29 is 13.3 Å². The molecule has 2 aromatic rings. The minimum atomic E-state index is -0.735. The molecule has 0 amide bonds. The topological polar surface area (TPSA) is 64.9 Å². The van der Waals surface area contributed by atoms with E-state index in [-0.39, 0.29) is 17.5 Å². The second kappa shape index (κ2) is 4.58. The first-order chi connectivity index (χ1) is 8.06. The van der Waals surface area contributed by atoms with Crippen molar-refractivity contribution in [1.29, 1.82) is 0 Å². The molecule has 0 saturated carbocycles. The average Bonchev–Trinajstić information content (AvgIpc) is 2.65. The van der Waals surface area contributed by atoms with Crippen molar-refractivity contribution in [3.8, 4) is 11.5 Å². The van der Waals surface area contributed by atoms with Gasteiger partial charge in [-0.25, -0.2) is 8.78 Å². The summed E-state index contributed by atoms with van der Waals surface area (Å²) in [7, 11) is 0. The van der Waals surface area contributed by atoms with Gasteiger partial charge in [-0.2, -0.15) is 4.98 Å². The van der Waals surface area contributed by atoms with Crippen molar-refractivity contribution in [1.82, 2.24) is 10.1 Å². The summed E-state index contributed by atoms with van der Waals surface area (Å²) in [5.41, 5.74) is 5.66. The van der Waals surface area contributed by atoms with Crippen LogP contribution >= 0.6 is 0 Å². The molecule has 1 atom stereocenters. The lowest BCUT2D eigenvalue weighted by Gasteiger charge is -1.97. The SMILES string of the molecule is CC(N)Cc1noc(-c2ccc(F)cc2F)n1. The van der Waals surface area contributed by atoms with E-state index in [1.165, 1.54) is 6.07 Å². The van der Waals surface area contributed by atoms with Crippen LogP contribution in [0.2, 0.25) is 0 Å². The Morgan fingerprint density at radius 1 is 1.41 bits per heavy atom. The zero-order valence-electron chi connectivity index (χ0n) is 9.15. The van der Waals surface area contributed by atoms with Gasteiger partial charge in [0.25, 0.3) is 5.89 Å². The summed E-state index contributed by atoms with van der Waals surface area (Å²) >= 11 is 0. The van der Waals surface area contributed by atoms with Crippen molar-refractivity contribution in [2.75, 3.05) is 0 Å². The number of rotatable bonds is 3. The summed E-state index contributed by atoms with van der Waals surface area (Å²) in [6, 6.07) is 3.05. The summed E-state index contributed by atoms with van der Waals surface area (Å²) in [4.78, 5) is 3.99. The summed E-state index contributed by atoms with van der Waals surface area (Å²) < 4.78 is 31.0. The minimum Gasteiger partial charge on any atom is -0.334 e. The molecule has 4 nitrogen and oxygen atoms in total. The van der Waals surface area contributed by atoms with E-state index < -0.39 is 11.6 Å². The third-order valence-electron chi connectivity index (χ3n) is 2.13. The highest BCUT2D eigenvalue weighted by Crippen LogP contribution is 2.21. The molecule has 17 heavy (non-hydrogen) atoms. The van der Waals surface area contributed by atoms with E-state index in [9.17, 15) is 8.78 Å². The van der Waals surface area contributed by atoms with Crippen molar-refractivity contribution in [3.63, 3.8) is 0 Å². The van der Waals surface area contributed by atoms with Crippen LogP contribution in [0, 0.1) is 11.6 Å². The second-order valence-electron chi connectivity index (χ2n) is 3.82. The highest BCUT2D eigenvalue weighted by atomic mass is 19.1. The molecule has 1 heterocycles. The standard InChI is InChI=1S/C11H11F2N3O/c1-6(14)4-10-15-11(17-16-10)8-3-2-7(12)5-9(8)13/h2-3,5-6H,4,14H2,1H3. The Morgan fingerprint density at radius 3 is 2.82 bits per heavy atom. The second-order valence-corrected chi connectivity index (χ2v) is 3.82. The highest BCUT2D eigenvalue weighted by molar-refractivity contribution is 5.53. The molecule has 1 aromatic heterocycles. The molecule has 0 aliphatic rings. The van der Waals surface area contributed by atoms with E-state index in [1.807, 2.05) is 0 Å². The predicted octanol–water partition coefficient (Wildman–Crippen LogP) is 1.90. The van der Waals surface area contributed by atoms with Gasteiger partial charge >= 0.3 is 0 Å². The van der Waals surface area contributed by atoms with Crippen molar-refractivity contribution in [2.24, 2.45) is 5.73 Å². The number of benzene rings is 1. The average molecular weight is 239 g/mol. The largest absolute Gasteiger partial charge is 0.334 e. The molecule has 90 valence electrons. The molecule has 0 aliphatic heterocycles. The van der Waals surface area contributed by atoms with Crippen LogP contribution in [0.3, 0.4) is 0 Å². The third kappa shape index (κ3) is 2.65. The van der Waals surface area contributed by atoms with E-state index in [2.05, 4.69) is 10.1 Å². The van der Waals surface area contributed by atoms with Crippen LogP contribution in [0.4, 0.5) is 8.78 Å². The zero-order chi connectivity index (χ0) is 12.4. The number of hydrogen-bond acceptors (Lipinski definition) is 4. The fourth-order valence-electron chi connectivity index (χ4n) is 1.40. The van der Waals surface area contributed by atoms with E-state index in [0.717, 1.165) is 12.1 Å². The molecule has 0 saturated heterocycles. The lowest BCUT2D eigenvalue weighted by Crippen LogP contribution is -2.18. The predicted molar refractivity (Wildman–Crippen MR) is 57.0 cm³/mol. The fourth-order valence-corrected chi connectivity index (χ4v) is 1.40. The maximum atomic E-state index is 13.4. The molecule has 0 bridgehead atoms. The van der Waals surface area contributed by atoms with Gasteiger partial charge in [0.2, 0.25) is 0 Å². The number of hydrogen-bond donors (Lipinski definition) is 1. The molecule has 2 rings (SSSR count). The lowest BCUT2D eigenvalue weighted by atomic mass is 10.2. The molecule has 0 radical (unpaired) electrons. The number of nitrogens with two attached hydrogens (primary N) is 1. The van der Waals surface area contributed by atoms with Gasteiger partial charge in [0, 0.05) is 18.5 Å². The fraction of sp³-hybridized carbons (Fsp3) is 0.273. The quantitative estimate of drug-likeness (QED) is 0.888. The number of nitrogens with zero attached hydrogens (tertiary/aromatic N) is 2. The zero-order valence-corrected chi connectivity index (χ0v) is 9.15. The van der Waals surface area contributed by atoms with Gasteiger partial charge in [-0.05, 0) is 19.1 Å². The molecule has 2 N–H and O–H groups in total. The number of halogens is 2. The van der Waals surface area contributed by atoms with Crippen LogP contribution < -0.4 is 5.73 Å². The van der Waals surface area contributed by atoms with E-state index in [1.54, 1.807) is 6.92 Å². The molecule has 1 aromatic carbocycles. The summed E-state index contributed by atoms with van der Waals surface area (Å²) in [6.07, 6.45) is 0.437. The first-order valence-corrected chi connectivity index (χ1v) is 5.10. The van der Waals surface area contributed by atoms with Crippen LogP contribution in [0.15, 0.2) is 22.7 Å². The lowest BCUT2D eigenvalue weighted by molar-refractivity contribution is 0.418. The van der Waals surface area contributed by atoms with Gasteiger partial charge in [-0.1, -0.05) is 5.16 Å². The van der Waals surface area contributed by atoms with Crippen molar-refractivity contribution in [3.05, 3.63) is 35.7 Å². The Labute approximate surface area is 96.4 Å². The minimum absolute atomic E-state index is 0.0261. The van der Waals surface area contributed by atoms with Gasteiger partial charge in [-0.15, -0.1) is 0 Å².